The van der Waals surface area contributed by atoms with Gasteiger partial charge in [0, 0.05) is 11.4 Å². The van der Waals surface area contributed by atoms with E-state index in [1.54, 1.807) is 18.2 Å². The number of H-pyrrole nitrogens is 1. The second-order valence-corrected chi connectivity index (χ2v) is 5.90. The van der Waals surface area contributed by atoms with Crippen LogP contribution >= 0.6 is 23.2 Å². The molecule has 0 saturated carbocycles. The molecule has 0 aliphatic rings. The number of aromatic nitrogens is 3. The number of halogens is 2. The molecule has 0 atom stereocenters. The van der Waals surface area contributed by atoms with Crippen molar-refractivity contribution in [1.82, 2.24) is 15.2 Å². The fourth-order valence-corrected chi connectivity index (χ4v) is 2.61. The summed E-state index contributed by atoms with van der Waals surface area (Å²) in [4.78, 5) is 16.5. The molecule has 0 fully saturated rings. The number of fused-ring (bicyclic) bond motifs is 1. The molecule has 23 heavy (non-hydrogen) atoms. The van der Waals surface area contributed by atoms with E-state index in [1.165, 1.54) is 0 Å². The molecule has 0 aliphatic heterocycles. The van der Waals surface area contributed by atoms with Gasteiger partial charge in [0.2, 0.25) is 0 Å². The molecule has 3 aromatic rings. The average molecular weight is 350 g/mol. The number of carbonyl (C=O) groups excluding carboxylic acids is 1. The summed E-state index contributed by atoms with van der Waals surface area (Å²) in [5.41, 5.74) is 3.02. The Bertz CT molecular complexity index is 906. The van der Waals surface area contributed by atoms with E-state index in [4.69, 9.17) is 23.2 Å². The first-order chi connectivity index (χ1) is 10.9. The standard InChI is InChI=1S/C15H13Cl2N5O/c1-7-5-8(2)18-13-12(7)14(22-21-13)20-15(23)19-9-3-4-10(16)11(17)6-9/h3-6H,1-2H3,(H3,18,19,20,21,22,23). The van der Waals surface area contributed by atoms with Crippen LogP contribution in [-0.4, -0.2) is 21.2 Å². The number of carbonyl (C=O) groups is 1. The van der Waals surface area contributed by atoms with Crippen LogP contribution in [0.25, 0.3) is 11.0 Å². The van der Waals surface area contributed by atoms with Crippen LogP contribution in [0.15, 0.2) is 24.3 Å². The Morgan fingerprint density at radius 1 is 1.13 bits per heavy atom. The number of benzene rings is 1. The molecule has 2 amide bonds. The van der Waals surface area contributed by atoms with E-state index in [0.717, 1.165) is 16.6 Å². The van der Waals surface area contributed by atoms with Crippen LogP contribution in [0.4, 0.5) is 16.3 Å². The van der Waals surface area contributed by atoms with Crippen LogP contribution in [0.1, 0.15) is 11.3 Å². The first-order valence-electron chi connectivity index (χ1n) is 6.79. The maximum Gasteiger partial charge on any atom is 0.324 e. The SMILES string of the molecule is Cc1cc(C)c2c(NC(=O)Nc3ccc(Cl)c(Cl)c3)n[nH]c2n1. The van der Waals surface area contributed by atoms with Crippen LogP contribution in [0.2, 0.25) is 10.0 Å². The fraction of sp³-hybridized carbons (Fsp3) is 0.133. The van der Waals surface area contributed by atoms with Crippen molar-refractivity contribution in [2.45, 2.75) is 13.8 Å². The Morgan fingerprint density at radius 3 is 2.65 bits per heavy atom. The van der Waals surface area contributed by atoms with Gasteiger partial charge in [0.15, 0.2) is 11.5 Å². The van der Waals surface area contributed by atoms with Gasteiger partial charge >= 0.3 is 6.03 Å². The summed E-state index contributed by atoms with van der Waals surface area (Å²) in [7, 11) is 0. The molecule has 8 heteroatoms. The predicted molar refractivity (Wildman–Crippen MR) is 92.5 cm³/mol. The van der Waals surface area contributed by atoms with Crippen molar-refractivity contribution >= 4 is 51.8 Å². The van der Waals surface area contributed by atoms with E-state index < -0.39 is 6.03 Å². The van der Waals surface area contributed by atoms with Crippen LogP contribution in [0, 0.1) is 13.8 Å². The number of hydrogen-bond donors (Lipinski definition) is 3. The van der Waals surface area contributed by atoms with Gasteiger partial charge in [-0.1, -0.05) is 23.2 Å². The smallest absolute Gasteiger partial charge is 0.308 e. The largest absolute Gasteiger partial charge is 0.324 e. The Labute approximate surface area is 142 Å². The van der Waals surface area contributed by atoms with Crippen molar-refractivity contribution in [1.29, 1.82) is 0 Å². The molecule has 0 aliphatic carbocycles. The first kappa shape index (κ1) is 15.6. The van der Waals surface area contributed by atoms with E-state index in [0.29, 0.717) is 27.2 Å². The number of aryl methyl sites for hydroxylation is 2. The number of rotatable bonds is 2. The third kappa shape index (κ3) is 3.23. The van der Waals surface area contributed by atoms with Crippen molar-refractivity contribution in [2.75, 3.05) is 10.6 Å². The minimum atomic E-state index is -0.434. The summed E-state index contributed by atoms with van der Waals surface area (Å²) in [5, 5.41) is 13.9. The van der Waals surface area contributed by atoms with Gasteiger partial charge in [0.1, 0.15) is 0 Å². The molecule has 2 heterocycles. The maximum absolute atomic E-state index is 12.1. The van der Waals surface area contributed by atoms with E-state index in [-0.39, 0.29) is 0 Å². The molecular weight excluding hydrogens is 337 g/mol. The van der Waals surface area contributed by atoms with Crippen LogP contribution in [0.3, 0.4) is 0 Å². The van der Waals surface area contributed by atoms with Crippen molar-refractivity contribution < 1.29 is 4.79 Å². The minimum Gasteiger partial charge on any atom is -0.308 e. The summed E-state index contributed by atoms with van der Waals surface area (Å²) in [6, 6.07) is 6.34. The van der Waals surface area contributed by atoms with Gasteiger partial charge in [-0.2, -0.15) is 5.10 Å². The fourth-order valence-electron chi connectivity index (χ4n) is 2.32. The molecular formula is C15H13Cl2N5O. The zero-order valence-electron chi connectivity index (χ0n) is 12.4. The Hall–Kier alpha value is -2.31. The maximum atomic E-state index is 12.1. The molecule has 2 aromatic heterocycles. The summed E-state index contributed by atoms with van der Waals surface area (Å²) < 4.78 is 0. The Balaban J connectivity index is 1.81. The van der Waals surface area contributed by atoms with E-state index in [9.17, 15) is 4.79 Å². The van der Waals surface area contributed by atoms with E-state index in [1.807, 2.05) is 19.9 Å². The number of pyridine rings is 1. The summed E-state index contributed by atoms with van der Waals surface area (Å²) in [5.74, 6) is 0.419. The Kier molecular flexibility index (Phi) is 4.11. The Morgan fingerprint density at radius 2 is 1.91 bits per heavy atom. The molecule has 0 radical (unpaired) electrons. The van der Waals surface area contributed by atoms with Crippen molar-refractivity contribution in [3.63, 3.8) is 0 Å². The summed E-state index contributed by atoms with van der Waals surface area (Å²) in [6.45, 7) is 3.84. The highest BCUT2D eigenvalue weighted by molar-refractivity contribution is 6.42. The molecule has 0 bridgehead atoms. The molecule has 0 saturated heterocycles. The number of urea groups is 1. The van der Waals surface area contributed by atoms with Gasteiger partial charge in [0.25, 0.3) is 0 Å². The number of nitrogens with one attached hydrogen (secondary N) is 3. The topological polar surface area (TPSA) is 82.7 Å². The van der Waals surface area contributed by atoms with Crippen molar-refractivity contribution in [3.05, 3.63) is 45.6 Å². The number of nitrogens with zero attached hydrogens (tertiary/aromatic N) is 2. The predicted octanol–water partition coefficient (Wildman–Crippen LogP) is 4.53. The van der Waals surface area contributed by atoms with Gasteiger partial charge < -0.3 is 5.32 Å². The molecule has 3 rings (SSSR count). The molecule has 118 valence electrons. The highest BCUT2D eigenvalue weighted by Crippen LogP contribution is 2.26. The second-order valence-electron chi connectivity index (χ2n) is 5.08. The summed E-state index contributed by atoms with van der Waals surface area (Å²) >= 11 is 11.8. The normalized spacial score (nSPS) is 10.8. The lowest BCUT2D eigenvalue weighted by molar-refractivity contribution is 0.262. The quantitative estimate of drug-likeness (QED) is 0.635. The molecule has 3 N–H and O–H groups in total. The third-order valence-corrected chi connectivity index (χ3v) is 4.00. The van der Waals surface area contributed by atoms with Gasteiger partial charge in [-0.3, -0.25) is 10.4 Å². The number of amides is 2. The number of anilines is 2. The average Bonchev–Trinajstić information content (AvgIpc) is 2.85. The lowest BCUT2D eigenvalue weighted by Crippen LogP contribution is -2.19. The van der Waals surface area contributed by atoms with Gasteiger partial charge in [-0.25, -0.2) is 9.78 Å². The van der Waals surface area contributed by atoms with Crippen LogP contribution in [-0.2, 0) is 0 Å². The zero-order valence-corrected chi connectivity index (χ0v) is 13.9. The molecule has 0 unspecified atom stereocenters. The minimum absolute atomic E-state index is 0.366. The third-order valence-electron chi connectivity index (χ3n) is 3.26. The van der Waals surface area contributed by atoms with Gasteiger partial charge in [-0.05, 0) is 43.7 Å². The van der Waals surface area contributed by atoms with Crippen LogP contribution < -0.4 is 10.6 Å². The molecule has 1 aromatic carbocycles. The lowest BCUT2D eigenvalue weighted by Gasteiger charge is -2.07. The first-order valence-corrected chi connectivity index (χ1v) is 7.55. The van der Waals surface area contributed by atoms with E-state index >= 15 is 0 Å². The second kappa shape index (κ2) is 6.06. The highest BCUT2D eigenvalue weighted by atomic mass is 35.5. The number of aromatic amines is 1. The zero-order chi connectivity index (χ0) is 16.6. The van der Waals surface area contributed by atoms with E-state index in [2.05, 4.69) is 25.8 Å². The monoisotopic (exact) mass is 349 g/mol. The van der Waals surface area contributed by atoms with Gasteiger partial charge in [-0.15, -0.1) is 0 Å². The van der Waals surface area contributed by atoms with Gasteiger partial charge in [0.05, 0.1) is 15.4 Å². The van der Waals surface area contributed by atoms with Crippen molar-refractivity contribution in [2.24, 2.45) is 0 Å². The number of hydrogen-bond acceptors (Lipinski definition) is 3. The lowest BCUT2D eigenvalue weighted by atomic mass is 10.2. The summed E-state index contributed by atoms with van der Waals surface area (Å²) in [6.07, 6.45) is 0. The molecule has 0 spiro atoms. The highest BCUT2D eigenvalue weighted by Gasteiger charge is 2.13. The van der Waals surface area contributed by atoms with Crippen LogP contribution in [0.5, 0.6) is 0 Å². The molecule has 6 nitrogen and oxygen atoms in total. The van der Waals surface area contributed by atoms with Crippen molar-refractivity contribution in [3.8, 4) is 0 Å².